The van der Waals surface area contributed by atoms with E-state index in [4.69, 9.17) is 27.8 Å². The third kappa shape index (κ3) is 2.70. The zero-order valence-electron chi connectivity index (χ0n) is 11.0. The van der Waals surface area contributed by atoms with E-state index in [0.717, 1.165) is 5.56 Å². The molecule has 0 saturated heterocycles. The molecule has 0 bridgehead atoms. The number of hydrogen-bond acceptors (Lipinski definition) is 4. The van der Waals surface area contributed by atoms with Crippen LogP contribution < -0.4 is 16.2 Å². The summed E-state index contributed by atoms with van der Waals surface area (Å²) >= 11 is 6.22. The molecule has 0 saturated carbocycles. The molecule has 0 aliphatic rings. The maximum absolute atomic E-state index is 11.1. The summed E-state index contributed by atoms with van der Waals surface area (Å²) in [5.74, 6) is 0.248. The van der Waals surface area contributed by atoms with Crippen molar-refractivity contribution in [3.05, 3.63) is 40.8 Å². The number of carbonyl (C=O) groups is 1. The average Bonchev–Trinajstić information content (AvgIpc) is 2.79. The Hall–Kier alpha value is -2.21. The first-order valence-electron chi connectivity index (χ1n) is 5.96. The minimum Gasteiger partial charge on any atom is -0.495 e. The summed E-state index contributed by atoms with van der Waals surface area (Å²) in [5, 5.41) is 0.573. The molecule has 0 aliphatic carbocycles. The fourth-order valence-electron chi connectivity index (χ4n) is 1.91. The third-order valence-electron chi connectivity index (χ3n) is 3.00. The van der Waals surface area contributed by atoms with Crippen molar-refractivity contribution < 1.29 is 9.53 Å². The monoisotopic (exact) mass is 294 g/mol. The molecular formula is C13H15ClN4O2. The van der Waals surface area contributed by atoms with Gasteiger partial charge in [-0.05, 0) is 18.1 Å². The van der Waals surface area contributed by atoms with Crippen LogP contribution in [0.25, 0.3) is 0 Å². The molecule has 0 fully saturated rings. The van der Waals surface area contributed by atoms with Crippen LogP contribution in [0.2, 0.25) is 5.02 Å². The van der Waals surface area contributed by atoms with Gasteiger partial charge >= 0.3 is 0 Å². The average molecular weight is 295 g/mol. The van der Waals surface area contributed by atoms with Gasteiger partial charge in [0, 0.05) is 6.54 Å². The zero-order chi connectivity index (χ0) is 14.7. The number of amides is 1. The van der Waals surface area contributed by atoms with Crippen LogP contribution in [0.3, 0.4) is 0 Å². The van der Waals surface area contributed by atoms with E-state index >= 15 is 0 Å². The highest BCUT2D eigenvalue weighted by atomic mass is 35.5. The summed E-state index contributed by atoms with van der Waals surface area (Å²) in [6.45, 7) is 0.541. The molecule has 106 valence electrons. The van der Waals surface area contributed by atoms with Gasteiger partial charge < -0.3 is 20.8 Å². The summed E-state index contributed by atoms with van der Waals surface area (Å²) in [7, 11) is 1.57. The molecule has 4 N–H and O–H groups in total. The van der Waals surface area contributed by atoms with E-state index in [1.807, 2.05) is 12.1 Å². The van der Waals surface area contributed by atoms with E-state index in [2.05, 4.69) is 4.98 Å². The fourth-order valence-corrected chi connectivity index (χ4v) is 2.21. The summed E-state index contributed by atoms with van der Waals surface area (Å²) < 4.78 is 6.82. The predicted octanol–water partition coefficient (Wildman–Crippen LogP) is 1.47. The van der Waals surface area contributed by atoms with Crippen molar-refractivity contribution in [2.24, 2.45) is 5.73 Å². The highest BCUT2D eigenvalue weighted by molar-refractivity contribution is 6.32. The van der Waals surface area contributed by atoms with Crippen LogP contribution in [-0.2, 0) is 13.0 Å². The molecule has 0 aliphatic heterocycles. The molecule has 20 heavy (non-hydrogen) atoms. The number of nitrogens with two attached hydrogens (primary N) is 2. The Morgan fingerprint density at radius 3 is 2.85 bits per heavy atom. The van der Waals surface area contributed by atoms with Crippen LogP contribution in [0.15, 0.2) is 24.5 Å². The van der Waals surface area contributed by atoms with Gasteiger partial charge in [-0.3, -0.25) is 4.79 Å². The normalized spacial score (nSPS) is 10.5. The number of aryl methyl sites for hydroxylation is 2. The number of ether oxygens (including phenoxy) is 1. The maximum Gasteiger partial charge on any atom is 0.271 e. The number of carbonyl (C=O) groups excluding carboxylic acids is 1. The molecule has 0 radical (unpaired) electrons. The lowest BCUT2D eigenvalue weighted by Crippen LogP contribution is -2.15. The van der Waals surface area contributed by atoms with Crippen molar-refractivity contribution in [3.63, 3.8) is 0 Å². The number of nitrogens with zero attached hydrogens (tertiary/aromatic N) is 2. The minimum absolute atomic E-state index is 0.0849. The molecule has 1 aromatic heterocycles. The highest BCUT2D eigenvalue weighted by Gasteiger charge is 2.13. The Morgan fingerprint density at radius 1 is 1.50 bits per heavy atom. The van der Waals surface area contributed by atoms with Crippen molar-refractivity contribution in [1.29, 1.82) is 0 Å². The molecule has 1 aromatic carbocycles. The number of halogens is 1. The fraction of sp³-hybridized carbons (Fsp3) is 0.231. The third-order valence-corrected chi connectivity index (χ3v) is 3.43. The van der Waals surface area contributed by atoms with Crippen LogP contribution in [-0.4, -0.2) is 22.6 Å². The highest BCUT2D eigenvalue weighted by Crippen LogP contribution is 2.28. The number of anilines is 1. The van der Waals surface area contributed by atoms with Gasteiger partial charge in [0.1, 0.15) is 11.6 Å². The molecule has 2 rings (SSSR count). The second-order valence-electron chi connectivity index (χ2n) is 4.22. The molecule has 0 atom stereocenters. The minimum atomic E-state index is -0.638. The van der Waals surface area contributed by atoms with E-state index < -0.39 is 5.91 Å². The summed E-state index contributed by atoms with van der Waals surface area (Å²) in [5.41, 5.74) is 12.0. The van der Waals surface area contributed by atoms with E-state index in [1.54, 1.807) is 17.7 Å². The Kier molecular flexibility index (Phi) is 4.14. The maximum atomic E-state index is 11.1. The summed E-state index contributed by atoms with van der Waals surface area (Å²) in [4.78, 5) is 15.0. The Labute approximate surface area is 121 Å². The van der Waals surface area contributed by atoms with Crippen molar-refractivity contribution in [3.8, 4) is 5.75 Å². The van der Waals surface area contributed by atoms with Crippen molar-refractivity contribution >= 4 is 23.3 Å². The van der Waals surface area contributed by atoms with Crippen molar-refractivity contribution in [2.45, 2.75) is 13.0 Å². The van der Waals surface area contributed by atoms with Gasteiger partial charge in [-0.2, -0.15) is 0 Å². The standard InChI is InChI=1S/C13H15ClN4O2/c1-20-9-4-2-3-8(10(9)14)5-6-18-7-17-11(12(18)15)13(16)19/h2-4,7H,5-6,15H2,1H3,(H2,16,19). The van der Waals surface area contributed by atoms with Gasteiger partial charge in [-0.25, -0.2) is 4.98 Å². The van der Waals surface area contributed by atoms with Crippen molar-refractivity contribution in [1.82, 2.24) is 9.55 Å². The largest absolute Gasteiger partial charge is 0.495 e. The topological polar surface area (TPSA) is 96.2 Å². The van der Waals surface area contributed by atoms with E-state index in [1.165, 1.54) is 6.33 Å². The smallest absolute Gasteiger partial charge is 0.271 e. The number of imidazole rings is 1. The van der Waals surface area contributed by atoms with E-state index in [-0.39, 0.29) is 11.5 Å². The lowest BCUT2D eigenvalue weighted by molar-refractivity contribution is 0.0997. The predicted molar refractivity (Wildman–Crippen MR) is 76.9 cm³/mol. The number of aromatic nitrogens is 2. The SMILES string of the molecule is COc1cccc(CCn2cnc(C(N)=O)c2N)c1Cl. The quantitative estimate of drug-likeness (QED) is 0.872. The first-order valence-corrected chi connectivity index (χ1v) is 6.34. The second kappa shape index (κ2) is 5.83. The van der Waals surface area contributed by atoms with Gasteiger partial charge in [0.25, 0.3) is 5.91 Å². The van der Waals surface area contributed by atoms with Crippen LogP contribution >= 0.6 is 11.6 Å². The van der Waals surface area contributed by atoms with Gasteiger partial charge in [-0.1, -0.05) is 23.7 Å². The Morgan fingerprint density at radius 2 is 2.25 bits per heavy atom. The summed E-state index contributed by atoms with van der Waals surface area (Å²) in [6, 6.07) is 5.57. The first-order chi connectivity index (χ1) is 9.54. The zero-order valence-corrected chi connectivity index (χ0v) is 11.7. The summed E-state index contributed by atoms with van der Waals surface area (Å²) in [6.07, 6.45) is 2.12. The van der Waals surface area contributed by atoms with Gasteiger partial charge in [-0.15, -0.1) is 0 Å². The molecule has 1 heterocycles. The number of hydrogen-bond donors (Lipinski definition) is 2. The molecular weight excluding hydrogens is 280 g/mol. The van der Waals surface area contributed by atoms with E-state index in [0.29, 0.717) is 23.7 Å². The number of rotatable bonds is 5. The lowest BCUT2D eigenvalue weighted by Gasteiger charge is -2.09. The molecule has 0 spiro atoms. The van der Waals surface area contributed by atoms with Crippen LogP contribution in [0.5, 0.6) is 5.75 Å². The molecule has 6 nitrogen and oxygen atoms in total. The number of primary amides is 1. The van der Waals surface area contributed by atoms with Crippen LogP contribution in [0.4, 0.5) is 5.82 Å². The number of nitrogen functional groups attached to an aromatic ring is 1. The Balaban J connectivity index is 2.15. The van der Waals surface area contributed by atoms with Gasteiger partial charge in [0.2, 0.25) is 0 Å². The number of benzene rings is 1. The van der Waals surface area contributed by atoms with Crippen LogP contribution in [0.1, 0.15) is 16.1 Å². The first kappa shape index (κ1) is 14.2. The molecule has 7 heteroatoms. The van der Waals surface area contributed by atoms with E-state index in [9.17, 15) is 4.79 Å². The van der Waals surface area contributed by atoms with Crippen LogP contribution in [0, 0.1) is 0 Å². The lowest BCUT2D eigenvalue weighted by atomic mass is 10.1. The number of methoxy groups -OCH3 is 1. The second-order valence-corrected chi connectivity index (χ2v) is 4.60. The van der Waals surface area contributed by atoms with Crippen molar-refractivity contribution in [2.75, 3.05) is 12.8 Å². The Bertz CT molecular complexity index is 639. The molecule has 0 unspecified atom stereocenters. The molecule has 1 amide bonds. The van der Waals surface area contributed by atoms with Gasteiger partial charge in [0.15, 0.2) is 5.69 Å². The molecule has 2 aromatic rings. The van der Waals surface area contributed by atoms with Gasteiger partial charge in [0.05, 0.1) is 18.5 Å².